The molecule has 1 aromatic heterocycles. The van der Waals surface area contributed by atoms with Crippen molar-refractivity contribution in [3.05, 3.63) is 34.4 Å². The van der Waals surface area contributed by atoms with E-state index >= 15 is 0 Å². The number of carbonyl (C=O) groups is 2. The van der Waals surface area contributed by atoms with Crippen LogP contribution in [0.4, 0.5) is 0 Å². The SMILES string of the molecule is COC(C)CCC(=O)NC(Cc1c[nH]c2ccc(Br)cc12)C(=O)O. The molecule has 1 aromatic carbocycles. The van der Waals surface area contributed by atoms with Crippen LogP contribution < -0.4 is 5.32 Å². The zero-order valence-corrected chi connectivity index (χ0v) is 15.2. The number of aromatic nitrogens is 1. The number of nitrogens with one attached hydrogen (secondary N) is 2. The Hall–Kier alpha value is -1.86. The van der Waals surface area contributed by atoms with Crippen molar-refractivity contribution >= 4 is 38.7 Å². The maximum absolute atomic E-state index is 12.0. The van der Waals surface area contributed by atoms with E-state index in [4.69, 9.17) is 4.74 Å². The number of amides is 1. The van der Waals surface area contributed by atoms with Crippen molar-refractivity contribution in [2.75, 3.05) is 7.11 Å². The van der Waals surface area contributed by atoms with Crippen LogP contribution in [0.2, 0.25) is 0 Å². The molecule has 2 unspecified atom stereocenters. The summed E-state index contributed by atoms with van der Waals surface area (Å²) in [5.41, 5.74) is 1.78. The standard InChI is InChI=1S/C17H21BrN2O4/c1-10(24-2)3-6-16(21)20-15(17(22)23)7-11-9-19-14-5-4-12(18)8-13(11)14/h4-5,8-10,15,19H,3,6-7H2,1-2H3,(H,20,21)(H,22,23). The highest BCUT2D eigenvalue weighted by Crippen LogP contribution is 2.23. The third-order valence-corrected chi connectivity index (χ3v) is 4.46. The second kappa shape index (κ2) is 8.30. The Bertz CT molecular complexity index is 728. The Morgan fingerprint density at radius 2 is 2.17 bits per heavy atom. The van der Waals surface area contributed by atoms with Crippen LogP contribution in [0, 0.1) is 0 Å². The lowest BCUT2D eigenvalue weighted by Gasteiger charge is -2.15. The number of aliphatic carboxylic acids is 1. The fraction of sp³-hybridized carbons (Fsp3) is 0.412. The van der Waals surface area contributed by atoms with Gasteiger partial charge in [0, 0.05) is 41.5 Å². The quantitative estimate of drug-likeness (QED) is 0.639. The first-order valence-electron chi connectivity index (χ1n) is 7.71. The van der Waals surface area contributed by atoms with Gasteiger partial charge < -0.3 is 20.1 Å². The molecule has 0 aliphatic carbocycles. The first kappa shape index (κ1) is 18.5. The molecule has 0 aliphatic heterocycles. The molecule has 24 heavy (non-hydrogen) atoms. The first-order valence-corrected chi connectivity index (χ1v) is 8.50. The number of rotatable bonds is 8. The lowest BCUT2D eigenvalue weighted by molar-refractivity contribution is -0.141. The number of hydrogen-bond acceptors (Lipinski definition) is 3. The minimum atomic E-state index is -1.05. The van der Waals surface area contributed by atoms with Gasteiger partial charge in [-0.05, 0) is 37.1 Å². The molecule has 2 aromatic rings. The number of hydrogen-bond donors (Lipinski definition) is 3. The summed E-state index contributed by atoms with van der Waals surface area (Å²) in [5, 5.41) is 12.9. The molecule has 2 atom stereocenters. The lowest BCUT2D eigenvalue weighted by Crippen LogP contribution is -2.42. The number of carboxylic acid groups (broad SMARTS) is 1. The van der Waals surface area contributed by atoms with Gasteiger partial charge in [-0.1, -0.05) is 15.9 Å². The second-order valence-electron chi connectivity index (χ2n) is 5.75. The van der Waals surface area contributed by atoms with Gasteiger partial charge in [0.05, 0.1) is 6.10 Å². The molecule has 0 saturated heterocycles. The minimum absolute atomic E-state index is 0.0370. The predicted octanol–water partition coefficient (Wildman–Crippen LogP) is 2.86. The van der Waals surface area contributed by atoms with Crippen molar-refractivity contribution in [2.24, 2.45) is 0 Å². The van der Waals surface area contributed by atoms with Gasteiger partial charge in [0.25, 0.3) is 0 Å². The molecular weight excluding hydrogens is 376 g/mol. The Morgan fingerprint density at radius 1 is 1.42 bits per heavy atom. The van der Waals surface area contributed by atoms with E-state index in [0.717, 1.165) is 20.9 Å². The average molecular weight is 397 g/mol. The molecule has 0 spiro atoms. The van der Waals surface area contributed by atoms with E-state index in [2.05, 4.69) is 26.2 Å². The number of methoxy groups -OCH3 is 1. The Labute approximate surface area is 148 Å². The third kappa shape index (κ3) is 4.82. The van der Waals surface area contributed by atoms with Crippen molar-refractivity contribution in [3.8, 4) is 0 Å². The molecule has 0 saturated carbocycles. The van der Waals surface area contributed by atoms with Crippen LogP contribution in [0.1, 0.15) is 25.3 Å². The topological polar surface area (TPSA) is 91.4 Å². The van der Waals surface area contributed by atoms with Gasteiger partial charge in [0.1, 0.15) is 6.04 Å². The van der Waals surface area contributed by atoms with E-state index in [9.17, 15) is 14.7 Å². The van der Waals surface area contributed by atoms with Gasteiger partial charge in [-0.2, -0.15) is 0 Å². The molecule has 0 aliphatic rings. The molecule has 2 rings (SSSR count). The highest BCUT2D eigenvalue weighted by atomic mass is 79.9. The molecular formula is C17H21BrN2O4. The summed E-state index contributed by atoms with van der Waals surface area (Å²) in [5.74, 6) is -1.33. The molecule has 6 nitrogen and oxygen atoms in total. The smallest absolute Gasteiger partial charge is 0.326 e. The van der Waals surface area contributed by atoms with Crippen LogP contribution in [0.5, 0.6) is 0 Å². The number of ether oxygens (including phenoxy) is 1. The predicted molar refractivity (Wildman–Crippen MR) is 95.0 cm³/mol. The summed E-state index contributed by atoms with van der Waals surface area (Å²) in [6, 6.07) is 4.80. The number of aromatic amines is 1. The summed E-state index contributed by atoms with van der Waals surface area (Å²) in [6.07, 6.45) is 2.75. The molecule has 3 N–H and O–H groups in total. The Balaban J connectivity index is 2.06. The van der Waals surface area contributed by atoms with Crippen LogP contribution >= 0.6 is 15.9 Å². The number of fused-ring (bicyclic) bond motifs is 1. The van der Waals surface area contributed by atoms with Gasteiger partial charge in [0.15, 0.2) is 0 Å². The van der Waals surface area contributed by atoms with E-state index in [-0.39, 0.29) is 24.9 Å². The monoisotopic (exact) mass is 396 g/mol. The largest absolute Gasteiger partial charge is 0.480 e. The number of H-pyrrole nitrogens is 1. The van der Waals surface area contributed by atoms with Crippen molar-refractivity contribution < 1.29 is 19.4 Å². The summed E-state index contributed by atoms with van der Waals surface area (Å²) in [4.78, 5) is 26.6. The van der Waals surface area contributed by atoms with Gasteiger partial charge in [0.2, 0.25) is 5.91 Å². The van der Waals surface area contributed by atoms with E-state index in [1.54, 1.807) is 13.3 Å². The number of carboxylic acids is 1. The maximum Gasteiger partial charge on any atom is 0.326 e. The minimum Gasteiger partial charge on any atom is -0.480 e. The fourth-order valence-electron chi connectivity index (χ4n) is 2.46. The van der Waals surface area contributed by atoms with Crippen LogP contribution in [0.15, 0.2) is 28.9 Å². The normalized spacial score (nSPS) is 13.6. The summed E-state index contributed by atoms with van der Waals surface area (Å²) in [7, 11) is 1.58. The average Bonchev–Trinajstić information content (AvgIpc) is 2.94. The molecule has 1 heterocycles. The van der Waals surface area contributed by atoms with Gasteiger partial charge in [-0.25, -0.2) is 4.79 Å². The molecule has 0 bridgehead atoms. The zero-order valence-electron chi connectivity index (χ0n) is 13.6. The Morgan fingerprint density at radius 3 is 2.83 bits per heavy atom. The lowest BCUT2D eigenvalue weighted by atomic mass is 10.0. The second-order valence-corrected chi connectivity index (χ2v) is 6.67. The molecule has 7 heteroatoms. The van der Waals surface area contributed by atoms with E-state index in [1.165, 1.54) is 0 Å². The zero-order chi connectivity index (χ0) is 17.7. The number of carbonyl (C=O) groups excluding carboxylic acids is 1. The van der Waals surface area contributed by atoms with Crippen LogP contribution in [0.25, 0.3) is 10.9 Å². The fourth-order valence-corrected chi connectivity index (χ4v) is 2.82. The summed E-state index contributed by atoms with van der Waals surface area (Å²) in [6.45, 7) is 1.87. The van der Waals surface area contributed by atoms with Crippen LogP contribution in [-0.2, 0) is 20.7 Å². The molecule has 130 valence electrons. The van der Waals surface area contributed by atoms with E-state index in [1.807, 2.05) is 25.1 Å². The van der Waals surface area contributed by atoms with Gasteiger partial charge in [-0.3, -0.25) is 4.79 Å². The highest BCUT2D eigenvalue weighted by molar-refractivity contribution is 9.10. The molecule has 0 fully saturated rings. The molecule has 0 radical (unpaired) electrons. The van der Waals surface area contributed by atoms with E-state index in [0.29, 0.717) is 6.42 Å². The van der Waals surface area contributed by atoms with Gasteiger partial charge >= 0.3 is 5.97 Å². The number of benzene rings is 1. The van der Waals surface area contributed by atoms with Crippen molar-refractivity contribution in [1.82, 2.24) is 10.3 Å². The third-order valence-electron chi connectivity index (χ3n) is 3.97. The Kier molecular flexibility index (Phi) is 6.39. The maximum atomic E-state index is 12.0. The molecule has 1 amide bonds. The van der Waals surface area contributed by atoms with E-state index < -0.39 is 12.0 Å². The van der Waals surface area contributed by atoms with Crippen molar-refractivity contribution in [3.63, 3.8) is 0 Å². The number of halogens is 1. The first-order chi connectivity index (χ1) is 11.4. The van der Waals surface area contributed by atoms with Crippen molar-refractivity contribution in [2.45, 2.75) is 38.3 Å². The van der Waals surface area contributed by atoms with Crippen LogP contribution in [0.3, 0.4) is 0 Å². The summed E-state index contributed by atoms with van der Waals surface area (Å²) < 4.78 is 6.01. The van der Waals surface area contributed by atoms with Crippen molar-refractivity contribution in [1.29, 1.82) is 0 Å². The summed E-state index contributed by atoms with van der Waals surface area (Å²) >= 11 is 3.42. The van der Waals surface area contributed by atoms with Crippen LogP contribution in [-0.4, -0.2) is 41.2 Å². The van der Waals surface area contributed by atoms with Gasteiger partial charge in [-0.15, -0.1) is 0 Å². The highest BCUT2D eigenvalue weighted by Gasteiger charge is 2.22.